The van der Waals surface area contributed by atoms with Crippen LogP contribution < -0.4 is 0 Å². The number of carbonyl (C=O) groups is 1. The quantitative estimate of drug-likeness (QED) is 0.568. The van der Waals surface area contributed by atoms with E-state index in [0.717, 1.165) is 29.9 Å². The number of halogens is 2. The molecule has 0 N–H and O–H groups in total. The SMILES string of the molecule is O=C(c1cc(Cl)ccc1Cl)N1CCC[C@@H](c2nc3ccccc3s2)C1. The number of para-hydroxylation sites is 1. The molecule has 128 valence electrons. The molecule has 1 amide bonds. The second-order valence-corrected chi connectivity index (χ2v) is 8.14. The summed E-state index contributed by atoms with van der Waals surface area (Å²) >= 11 is 14.0. The Morgan fingerprint density at radius 3 is 2.88 bits per heavy atom. The fraction of sp³-hybridized carbons (Fsp3) is 0.263. The Balaban J connectivity index is 1.58. The highest BCUT2D eigenvalue weighted by atomic mass is 35.5. The predicted molar refractivity (Wildman–Crippen MR) is 104 cm³/mol. The van der Waals surface area contributed by atoms with E-state index in [1.54, 1.807) is 29.5 Å². The molecule has 0 aliphatic carbocycles. The maximum absolute atomic E-state index is 12.9. The van der Waals surface area contributed by atoms with Crippen molar-refractivity contribution < 1.29 is 4.79 Å². The van der Waals surface area contributed by atoms with Gasteiger partial charge in [-0.15, -0.1) is 11.3 Å². The number of piperidine rings is 1. The minimum absolute atomic E-state index is 0.0571. The number of hydrogen-bond donors (Lipinski definition) is 0. The third-order valence-corrected chi connectivity index (χ3v) is 6.29. The molecule has 0 unspecified atom stereocenters. The number of rotatable bonds is 2. The van der Waals surface area contributed by atoms with Crippen LogP contribution in [0.15, 0.2) is 42.5 Å². The van der Waals surface area contributed by atoms with Crippen molar-refractivity contribution in [3.8, 4) is 0 Å². The van der Waals surface area contributed by atoms with Gasteiger partial charge < -0.3 is 4.90 Å². The lowest BCUT2D eigenvalue weighted by Gasteiger charge is -2.32. The molecule has 1 fully saturated rings. The Morgan fingerprint density at radius 2 is 2.04 bits per heavy atom. The molecule has 3 nitrogen and oxygen atoms in total. The summed E-state index contributed by atoms with van der Waals surface area (Å²) in [7, 11) is 0. The molecule has 0 bridgehead atoms. The van der Waals surface area contributed by atoms with Gasteiger partial charge >= 0.3 is 0 Å². The van der Waals surface area contributed by atoms with E-state index < -0.39 is 0 Å². The lowest BCUT2D eigenvalue weighted by Crippen LogP contribution is -2.39. The molecule has 0 radical (unpaired) electrons. The van der Waals surface area contributed by atoms with Crippen molar-refractivity contribution in [2.45, 2.75) is 18.8 Å². The van der Waals surface area contributed by atoms with Crippen LogP contribution in [-0.2, 0) is 0 Å². The zero-order valence-electron chi connectivity index (χ0n) is 13.4. The molecule has 3 aromatic rings. The molecule has 0 spiro atoms. The second-order valence-electron chi connectivity index (χ2n) is 6.23. The van der Waals surface area contributed by atoms with Crippen LogP contribution >= 0.6 is 34.5 Å². The molecular weight excluding hydrogens is 375 g/mol. The molecule has 2 heterocycles. The van der Waals surface area contributed by atoms with Gasteiger partial charge in [0.25, 0.3) is 5.91 Å². The summed E-state index contributed by atoms with van der Waals surface area (Å²) in [6.45, 7) is 1.41. The van der Waals surface area contributed by atoms with E-state index in [0.29, 0.717) is 22.2 Å². The Morgan fingerprint density at radius 1 is 1.20 bits per heavy atom. The van der Waals surface area contributed by atoms with Crippen LogP contribution in [0, 0.1) is 0 Å². The van der Waals surface area contributed by atoms with Crippen molar-refractivity contribution >= 4 is 50.7 Å². The summed E-state index contributed by atoms with van der Waals surface area (Å²) in [4.78, 5) is 19.5. The minimum Gasteiger partial charge on any atom is -0.338 e. The van der Waals surface area contributed by atoms with Gasteiger partial charge in [0.05, 0.1) is 25.8 Å². The normalized spacial score (nSPS) is 17.8. The standard InChI is InChI=1S/C19H16Cl2N2OS/c20-13-7-8-15(21)14(10-13)19(24)23-9-3-4-12(11-23)18-22-16-5-1-2-6-17(16)25-18/h1-2,5-8,10,12H,3-4,9,11H2/t12-/m1/s1. The van der Waals surface area contributed by atoms with Gasteiger partial charge in [0, 0.05) is 24.0 Å². The van der Waals surface area contributed by atoms with Crippen molar-refractivity contribution in [3.63, 3.8) is 0 Å². The third kappa shape index (κ3) is 3.39. The Kier molecular flexibility index (Phi) is 4.67. The van der Waals surface area contributed by atoms with Gasteiger partial charge in [-0.05, 0) is 43.2 Å². The third-order valence-electron chi connectivity index (χ3n) is 4.53. The number of hydrogen-bond acceptors (Lipinski definition) is 3. The maximum Gasteiger partial charge on any atom is 0.255 e. The zero-order chi connectivity index (χ0) is 17.4. The van der Waals surface area contributed by atoms with Crippen molar-refractivity contribution in [2.24, 2.45) is 0 Å². The summed E-state index contributed by atoms with van der Waals surface area (Å²) in [5, 5.41) is 2.07. The number of benzene rings is 2. The molecule has 25 heavy (non-hydrogen) atoms. The zero-order valence-corrected chi connectivity index (χ0v) is 15.7. The largest absolute Gasteiger partial charge is 0.338 e. The number of amides is 1. The average Bonchev–Trinajstić information content (AvgIpc) is 3.07. The molecule has 6 heteroatoms. The van der Waals surface area contributed by atoms with Gasteiger partial charge in [0.15, 0.2) is 0 Å². The number of likely N-dealkylation sites (tertiary alicyclic amines) is 1. The van der Waals surface area contributed by atoms with E-state index >= 15 is 0 Å². The van der Waals surface area contributed by atoms with E-state index in [9.17, 15) is 4.79 Å². The molecule has 1 aromatic heterocycles. The lowest BCUT2D eigenvalue weighted by molar-refractivity contribution is 0.0707. The predicted octanol–water partition coefficient (Wildman–Crippen LogP) is 5.62. The molecular formula is C19H16Cl2N2OS. The van der Waals surface area contributed by atoms with Crippen LogP contribution in [0.1, 0.15) is 34.1 Å². The first-order chi connectivity index (χ1) is 12.1. The van der Waals surface area contributed by atoms with Gasteiger partial charge in [0.1, 0.15) is 0 Å². The Labute approximate surface area is 160 Å². The first-order valence-corrected chi connectivity index (χ1v) is 9.79. The number of nitrogens with zero attached hydrogens (tertiary/aromatic N) is 2. The number of aromatic nitrogens is 1. The summed E-state index contributed by atoms with van der Waals surface area (Å²) in [6, 6.07) is 13.2. The molecule has 1 saturated heterocycles. The van der Waals surface area contributed by atoms with Crippen molar-refractivity contribution in [1.82, 2.24) is 9.88 Å². The van der Waals surface area contributed by atoms with E-state index in [1.807, 2.05) is 23.1 Å². The van der Waals surface area contributed by atoms with Crippen molar-refractivity contribution in [2.75, 3.05) is 13.1 Å². The van der Waals surface area contributed by atoms with E-state index in [4.69, 9.17) is 28.2 Å². The lowest BCUT2D eigenvalue weighted by atomic mass is 9.98. The number of fused-ring (bicyclic) bond motifs is 1. The Bertz CT molecular complexity index is 907. The van der Waals surface area contributed by atoms with Crippen LogP contribution in [0.3, 0.4) is 0 Å². The van der Waals surface area contributed by atoms with Crippen molar-refractivity contribution in [3.05, 3.63) is 63.1 Å². The Hall–Kier alpha value is -1.62. The van der Waals surface area contributed by atoms with Gasteiger partial charge in [0.2, 0.25) is 0 Å². The minimum atomic E-state index is -0.0571. The fourth-order valence-electron chi connectivity index (χ4n) is 3.26. The first kappa shape index (κ1) is 16.8. The molecule has 1 aliphatic heterocycles. The highest BCUT2D eigenvalue weighted by Gasteiger charge is 2.28. The molecule has 1 aliphatic rings. The van der Waals surface area contributed by atoms with E-state index in [-0.39, 0.29) is 11.8 Å². The van der Waals surface area contributed by atoms with Crippen LogP contribution in [-0.4, -0.2) is 28.9 Å². The van der Waals surface area contributed by atoms with Gasteiger partial charge in [-0.2, -0.15) is 0 Å². The fourth-order valence-corrected chi connectivity index (χ4v) is 4.72. The molecule has 2 aromatic carbocycles. The number of carbonyl (C=O) groups excluding carboxylic acids is 1. The molecule has 0 saturated carbocycles. The van der Waals surface area contributed by atoms with Crippen LogP contribution in [0.25, 0.3) is 10.2 Å². The summed E-state index contributed by atoms with van der Waals surface area (Å²) in [6.07, 6.45) is 2.01. The van der Waals surface area contributed by atoms with E-state index in [1.165, 1.54) is 4.70 Å². The van der Waals surface area contributed by atoms with Gasteiger partial charge in [-0.1, -0.05) is 35.3 Å². The van der Waals surface area contributed by atoms with E-state index in [2.05, 4.69) is 6.07 Å². The van der Waals surface area contributed by atoms with Crippen LogP contribution in [0.5, 0.6) is 0 Å². The second kappa shape index (κ2) is 6.94. The van der Waals surface area contributed by atoms with Crippen LogP contribution in [0.4, 0.5) is 0 Å². The highest BCUT2D eigenvalue weighted by molar-refractivity contribution is 7.18. The van der Waals surface area contributed by atoms with Crippen LogP contribution in [0.2, 0.25) is 10.0 Å². The maximum atomic E-state index is 12.9. The molecule has 4 rings (SSSR count). The van der Waals surface area contributed by atoms with Gasteiger partial charge in [-0.25, -0.2) is 4.98 Å². The van der Waals surface area contributed by atoms with Gasteiger partial charge in [-0.3, -0.25) is 4.79 Å². The summed E-state index contributed by atoms with van der Waals surface area (Å²) < 4.78 is 1.19. The van der Waals surface area contributed by atoms with Crippen molar-refractivity contribution in [1.29, 1.82) is 0 Å². The monoisotopic (exact) mass is 390 g/mol. The smallest absolute Gasteiger partial charge is 0.255 e. The summed E-state index contributed by atoms with van der Waals surface area (Å²) in [5.74, 6) is 0.214. The topological polar surface area (TPSA) is 33.2 Å². The average molecular weight is 391 g/mol. The number of thiazole rings is 1. The molecule has 1 atom stereocenters. The first-order valence-electron chi connectivity index (χ1n) is 8.21. The highest BCUT2D eigenvalue weighted by Crippen LogP contribution is 2.34. The summed E-state index contributed by atoms with van der Waals surface area (Å²) in [5.41, 5.74) is 1.50.